The third kappa shape index (κ3) is 4.09. The molecule has 6 heteroatoms. The first-order chi connectivity index (χ1) is 12.6. The van der Waals surface area contributed by atoms with Crippen molar-refractivity contribution in [1.82, 2.24) is 0 Å². The van der Waals surface area contributed by atoms with Crippen molar-refractivity contribution >= 4 is 23.2 Å². The number of carbonyl (C=O) groups excluding carboxylic acids is 2. The molecule has 0 aliphatic carbocycles. The molecule has 1 heterocycles. The average Bonchev–Trinajstić information content (AvgIpc) is 2.69. The molecule has 2 amide bonds. The van der Waals surface area contributed by atoms with Crippen LogP contribution in [0, 0.1) is 5.41 Å². The van der Waals surface area contributed by atoms with E-state index >= 15 is 0 Å². The monoisotopic (exact) mass is 353 g/mol. The SMILES string of the molecule is NCC1(C(=O)Nc2cccc(NC(=O)c3ccccc3)c2)CCOCC1. The van der Waals surface area contributed by atoms with E-state index in [0.717, 1.165) is 0 Å². The Kier molecular flexibility index (Phi) is 5.65. The molecule has 0 radical (unpaired) electrons. The molecule has 2 aromatic carbocycles. The lowest BCUT2D eigenvalue weighted by Crippen LogP contribution is -2.46. The molecule has 3 rings (SSSR count). The summed E-state index contributed by atoms with van der Waals surface area (Å²) in [5, 5.41) is 5.77. The zero-order chi connectivity index (χ0) is 18.4. The minimum absolute atomic E-state index is 0.102. The normalized spacial score (nSPS) is 15.9. The zero-order valence-corrected chi connectivity index (χ0v) is 14.5. The Labute approximate surface area is 152 Å². The Hall–Kier alpha value is -2.70. The van der Waals surface area contributed by atoms with Gasteiger partial charge in [0.1, 0.15) is 0 Å². The van der Waals surface area contributed by atoms with Gasteiger partial charge in [-0.15, -0.1) is 0 Å². The van der Waals surface area contributed by atoms with Gasteiger partial charge in [0.25, 0.3) is 5.91 Å². The number of ether oxygens (including phenoxy) is 1. The highest BCUT2D eigenvalue weighted by atomic mass is 16.5. The summed E-state index contributed by atoms with van der Waals surface area (Å²) in [5.41, 5.74) is 7.10. The van der Waals surface area contributed by atoms with E-state index < -0.39 is 5.41 Å². The minimum atomic E-state index is -0.596. The number of nitrogens with one attached hydrogen (secondary N) is 2. The van der Waals surface area contributed by atoms with Gasteiger partial charge in [-0.25, -0.2) is 0 Å². The Morgan fingerprint density at radius 1 is 0.962 bits per heavy atom. The Morgan fingerprint density at radius 2 is 1.62 bits per heavy atom. The van der Waals surface area contributed by atoms with Crippen LogP contribution in [0.5, 0.6) is 0 Å². The van der Waals surface area contributed by atoms with Gasteiger partial charge in [0.15, 0.2) is 0 Å². The van der Waals surface area contributed by atoms with Gasteiger partial charge in [-0.2, -0.15) is 0 Å². The molecule has 0 spiro atoms. The van der Waals surface area contributed by atoms with E-state index in [4.69, 9.17) is 10.5 Å². The maximum absolute atomic E-state index is 12.7. The molecular formula is C20H23N3O3. The molecule has 136 valence electrons. The van der Waals surface area contributed by atoms with E-state index in [1.54, 1.807) is 36.4 Å². The van der Waals surface area contributed by atoms with Crippen LogP contribution in [-0.2, 0) is 9.53 Å². The first-order valence-corrected chi connectivity index (χ1v) is 8.69. The lowest BCUT2D eigenvalue weighted by molar-refractivity contribution is -0.130. The summed E-state index contributed by atoms with van der Waals surface area (Å²) in [4.78, 5) is 25.0. The summed E-state index contributed by atoms with van der Waals surface area (Å²) >= 11 is 0. The van der Waals surface area contributed by atoms with Gasteiger partial charge in [-0.1, -0.05) is 24.3 Å². The van der Waals surface area contributed by atoms with E-state index in [0.29, 0.717) is 43.0 Å². The minimum Gasteiger partial charge on any atom is -0.381 e. The van der Waals surface area contributed by atoms with Gasteiger partial charge in [-0.05, 0) is 43.2 Å². The topological polar surface area (TPSA) is 93.5 Å². The molecule has 4 N–H and O–H groups in total. The van der Waals surface area contributed by atoms with Gasteiger partial charge < -0.3 is 21.1 Å². The van der Waals surface area contributed by atoms with Crippen LogP contribution in [0.1, 0.15) is 23.2 Å². The molecule has 1 aliphatic rings. The van der Waals surface area contributed by atoms with E-state index in [9.17, 15) is 9.59 Å². The van der Waals surface area contributed by atoms with Crippen LogP contribution in [0.2, 0.25) is 0 Å². The largest absolute Gasteiger partial charge is 0.381 e. The molecular weight excluding hydrogens is 330 g/mol. The van der Waals surface area contributed by atoms with Crippen LogP contribution in [0.4, 0.5) is 11.4 Å². The third-order valence-electron chi connectivity index (χ3n) is 4.74. The highest BCUT2D eigenvalue weighted by Gasteiger charge is 2.38. The quantitative estimate of drug-likeness (QED) is 0.770. The van der Waals surface area contributed by atoms with Crippen molar-refractivity contribution < 1.29 is 14.3 Å². The Balaban J connectivity index is 1.69. The second kappa shape index (κ2) is 8.12. The van der Waals surface area contributed by atoms with Crippen LogP contribution < -0.4 is 16.4 Å². The highest BCUT2D eigenvalue weighted by Crippen LogP contribution is 2.31. The number of nitrogens with two attached hydrogens (primary N) is 1. The molecule has 1 saturated heterocycles. The fraction of sp³-hybridized carbons (Fsp3) is 0.300. The first kappa shape index (κ1) is 18.1. The van der Waals surface area contributed by atoms with Crippen LogP contribution in [0.25, 0.3) is 0 Å². The summed E-state index contributed by atoms with van der Waals surface area (Å²) in [6.45, 7) is 1.36. The molecule has 0 bridgehead atoms. The Morgan fingerprint density at radius 3 is 2.27 bits per heavy atom. The molecule has 0 unspecified atom stereocenters. The predicted molar refractivity (Wildman–Crippen MR) is 101 cm³/mol. The number of hydrogen-bond donors (Lipinski definition) is 3. The van der Waals surface area contributed by atoms with Gasteiger partial charge in [-0.3, -0.25) is 9.59 Å². The number of anilines is 2. The Bertz CT molecular complexity index is 771. The number of benzene rings is 2. The third-order valence-corrected chi connectivity index (χ3v) is 4.74. The number of rotatable bonds is 5. The molecule has 1 fully saturated rings. The summed E-state index contributed by atoms with van der Waals surface area (Å²) in [6, 6.07) is 16.1. The summed E-state index contributed by atoms with van der Waals surface area (Å²) in [7, 11) is 0. The lowest BCUT2D eigenvalue weighted by Gasteiger charge is -2.34. The van der Waals surface area contributed by atoms with Crippen LogP contribution in [-0.4, -0.2) is 31.6 Å². The maximum Gasteiger partial charge on any atom is 0.255 e. The fourth-order valence-electron chi connectivity index (χ4n) is 3.02. The zero-order valence-electron chi connectivity index (χ0n) is 14.5. The lowest BCUT2D eigenvalue weighted by atomic mass is 9.79. The average molecular weight is 353 g/mol. The predicted octanol–water partition coefficient (Wildman–Crippen LogP) is 2.63. The molecule has 6 nitrogen and oxygen atoms in total. The van der Waals surface area contributed by atoms with Crippen molar-refractivity contribution in [3.8, 4) is 0 Å². The number of amides is 2. The molecule has 26 heavy (non-hydrogen) atoms. The second-order valence-corrected chi connectivity index (χ2v) is 6.45. The molecule has 0 aromatic heterocycles. The number of carbonyl (C=O) groups is 2. The van der Waals surface area contributed by atoms with Crippen molar-refractivity contribution in [3.63, 3.8) is 0 Å². The molecule has 2 aromatic rings. The van der Waals surface area contributed by atoms with Gasteiger partial charge >= 0.3 is 0 Å². The maximum atomic E-state index is 12.7. The van der Waals surface area contributed by atoms with Crippen molar-refractivity contribution in [2.45, 2.75) is 12.8 Å². The first-order valence-electron chi connectivity index (χ1n) is 8.69. The molecule has 1 aliphatic heterocycles. The van der Waals surface area contributed by atoms with Crippen LogP contribution in [0.15, 0.2) is 54.6 Å². The van der Waals surface area contributed by atoms with Crippen molar-refractivity contribution in [2.75, 3.05) is 30.4 Å². The van der Waals surface area contributed by atoms with E-state index in [2.05, 4.69) is 10.6 Å². The highest BCUT2D eigenvalue weighted by molar-refractivity contribution is 6.04. The van der Waals surface area contributed by atoms with Gasteiger partial charge in [0.05, 0.1) is 5.41 Å². The molecule has 0 saturated carbocycles. The second-order valence-electron chi connectivity index (χ2n) is 6.45. The van der Waals surface area contributed by atoms with Crippen molar-refractivity contribution in [3.05, 3.63) is 60.2 Å². The van der Waals surface area contributed by atoms with Gasteiger partial charge in [0.2, 0.25) is 5.91 Å². The summed E-state index contributed by atoms with van der Waals surface area (Å²) in [6.07, 6.45) is 1.22. The summed E-state index contributed by atoms with van der Waals surface area (Å²) < 4.78 is 5.35. The standard InChI is InChI=1S/C20H23N3O3/c21-14-20(9-11-26-12-10-20)19(25)23-17-8-4-7-16(13-17)22-18(24)15-5-2-1-3-6-15/h1-8,13H,9-12,14,21H2,(H,22,24)(H,23,25). The summed E-state index contributed by atoms with van der Waals surface area (Å²) in [5.74, 6) is -0.299. The fourth-order valence-corrected chi connectivity index (χ4v) is 3.02. The van der Waals surface area contributed by atoms with Gasteiger partial charge in [0, 0.05) is 36.7 Å². The van der Waals surface area contributed by atoms with Crippen molar-refractivity contribution in [2.24, 2.45) is 11.1 Å². The van der Waals surface area contributed by atoms with E-state index in [1.165, 1.54) is 0 Å². The number of hydrogen-bond acceptors (Lipinski definition) is 4. The van der Waals surface area contributed by atoms with Crippen molar-refractivity contribution in [1.29, 1.82) is 0 Å². The van der Waals surface area contributed by atoms with Crippen LogP contribution in [0.3, 0.4) is 0 Å². The molecule has 0 atom stereocenters. The van der Waals surface area contributed by atoms with E-state index in [-0.39, 0.29) is 18.4 Å². The van der Waals surface area contributed by atoms with Crippen LogP contribution >= 0.6 is 0 Å². The van der Waals surface area contributed by atoms with E-state index in [1.807, 2.05) is 18.2 Å². The smallest absolute Gasteiger partial charge is 0.255 e.